The van der Waals surface area contributed by atoms with Gasteiger partial charge in [0.15, 0.2) is 0 Å². The van der Waals surface area contributed by atoms with Crippen molar-refractivity contribution in [3.05, 3.63) is 47.8 Å². The summed E-state index contributed by atoms with van der Waals surface area (Å²) in [5, 5.41) is 20.6. The summed E-state index contributed by atoms with van der Waals surface area (Å²) >= 11 is 0. The molecule has 4 aliphatic rings. The van der Waals surface area contributed by atoms with Crippen LogP contribution in [0.1, 0.15) is 64.4 Å². The van der Waals surface area contributed by atoms with Gasteiger partial charge in [0, 0.05) is 18.8 Å². The number of hydrogen-bond acceptors (Lipinski definition) is 3. The molecule has 7 atom stereocenters. The highest BCUT2D eigenvalue weighted by Crippen LogP contribution is 2.66. The van der Waals surface area contributed by atoms with E-state index in [1.165, 1.54) is 16.7 Å². The van der Waals surface area contributed by atoms with Crippen LogP contribution >= 0.6 is 0 Å². The number of carboxylic acid groups (broad SMARTS) is 1. The summed E-state index contributed by atoms with van der Waals surface area (Å²) in [6.45, 7) is 4.80. The predicted molar refractivity (Wildman–Crippen MR) is 116 cm³/mol. The number of fused-ring (bicyclic) bond motifs is 5. The molecule has 5 rings (SSSR count). The van der Waals surface area contributed by atoms with E-state index in [-0.39, 0.29) is 29.1 Å². The van der Waals surface area contributed by atoms with Crippen molar-refractivity contribution >= 4 is 11.5 Å². The number of hydrogen-bond donors (Lipinski definition) is 2. The first-order valence-electron chi connectivity index (χ1n) is 11.5. The minimum atomic E-state index is -0.702. The Hall–Kier alpha value is -1.94. The summed E-state index contributed by atoms with van der Waals surface area (Å²) in [4.78, 5) is 15.6. The smallest absolute Gasteiger partial charge is 0.303 e. The molecule has 0 bridgehead atoms. The Morgan fingerprint density at radius 2 is 2.00 bits per heavy atom. The lowest BCUT2D eigenvalue weighted by atomic mass is 9.46. The van der Waals surface area contributed by atoms with Gasteiger partial charge in [-0.1, -0.05) is 37.6 Å². The average molecular weight is 408 g/mol. The van der Waals surface area contributed by atoms with Gasteiger partial charge in [-0.15, -0.1) is 0 Å². The van der Waals surface area contributed by atoms with Crippen molar-refractivity contribution in [2.45, 2.75) is 64.9 Å². The monoisotopic (exact) mass is 407 g/mol. The number of aliphatic carboxylic acids is 1. The number of pyridine rings is 1. The van der Waals surface area contributed by atoms with Gasteiger partial charge >= 0.3 is 5.97 Å². The normalized spacial score (nSPS) is 42.4. The molecule has 0 aromatic carbocycles. The third-order valence-corrected chi connectivity index (χ3v) is 9.25. The standard InChI is InChI=1S/C26H33NO3/c1-25-9-7-16(13-23(29)30)12-18(25)14-22(28)24-20-6-5-19(17-4-3-11-27-15-17)26(20,2)10-8-21(24)25/h3-5,11,14-16,20-22,24,28H,6-10,12-13H2,1-2H3,(H,29,30)/t16-,20-,21-,22+,24-,25-,26+/m0/s1. The molecule has 1 aromatic heterocycles. The van der Waals surface area contributed by atoms with Crippen molar-refractivity contribution in [1.29, 1.82) is 0 Å². The largest absolute Gasteiger partial charge is 0.481 e. The molecule has 0 aliphatic heterocycles. The van der Waals surface area contributed by atoms with Crippen LogP contribution in [-0.4, -0.2) is 27.3 Å². The summed E-state index contributed by atoms with van der Waals surface area (Å²) < 4.78 is 0. The van der Waals surface area contributed by atoms with Crippen LogP contribution in [0.15, 0.2) is 42.3 Å². The third kappa shape index (κ3) is 2.90. The van der Waals surface area contributed by atoms with Gasteiger partial charge in [0.2, 0.25) is 0 Å². The van der Waals surface area contributed by atoms with E-state index in [4.69, 9.17) is 0 Å². The minimum Gasteiger partial charge on any atom is -0.481 e. The number of aliphatic hydroxyl groups excluding tert-OH is 1. The third-order valence-electron chi connectivity index (χ3n) is 9.25. The van der Waals surface area contributed by atoms with E-state index < -0.39 is 12.1 Å². The molecule has 2 saturated carbocycles. The maximum Gasteiger partial charge on any atom is 0.303 e. The Morgan fingerprint density at radius 1 is 1.20 bits per heavy atom. The maximum atomic E-state index is 11.3. The van der Waals surface area contributed by atoms with Gasteiger partial charge in [0.05, 0.1) is 6.10 Å². The molecule has 0 spiro atoms. The predicted octanol–water partition coefficient (Wildman–Crippen LogP) is 5.10. The molecule has 1 aromatic rings. The molecular weight excluding hydrogens is 374 g/mol. The number of aliphatic hydroxyl groups is 1. The maximum absolute atomic E-state index is 11.3. The van der Waals surface area contributed by atoms with E-state index in [1.54, 1.807) is 0 Å². The second-order valence-electron chi connectivity index (χ2n) is 10.6. The fraction of sp³-hybridized carbons (Fsp3) is 0.615. The summed E-state index contributed by atoms with van der Waals surface area (Å²) in [7, 11) is 0. The van der Waals surface area contributed by atoms with Crippen molar-refractivity contribution < 1.29 is 15.0 Å². The number of carboxylic acids is 1. The number of aromatic nitrogens is 1. The zero-order valence-electron chi connectivity index (χ0n) is 18.1. The average Bonchev–Trinajstić information content (AvgIpc) is 3.06. The quantitative estimate of drug-likeness (QED) is 0.684. The highest BCUT2D eigenvalue weighted by atomic mass is 16.4. The van der Waals surface area contributed by atoms with Crippen LogP contribution < -0.4 is 0 Å². The highest BCUT2D eigenvalue weighted by Gasteiger charge is 2.59. The van der Waals surface area contributed by atoms with Crippen LogP contribution in [0, 0.1) is 34.5 Å². The zero-order valence-corrected chi connectivity index (χ0v) is 18.1. The van der Waals surface area contributed by atoms with Gasteiger partial charge in [0.1, 0.15) is 0 Å². The molecule has 160 valence electrons. The first-order chi connectivity index (χ1) is 14.3. The lowest BCUT2D eigenvalue weighted by Crippen LogP contribution is -2.54. The highest BCUT2D eigenvalue weighted by molar-refractivity contribution is 5.72. The SMILES string of the molecule is C[C@]12CC[C@H](CC(=O)O)CC1=C[C@@H](O)[C@@H]1[C@@H]2CC[C@]2(C)C(c3cccnc3)=CC[C@@H]12. The van der Waals surface area contributed by atoms with Crippen LogP contribution in [0.5, 0.6) is 0 Å². The fourth-order valence-electron chi connectivity index (χ4n) is 7.69. The molecule has 4 heteroatoms. The Kier molecular flexibility index (Phi) is 4.70. The summed E-state index contributed by atoms with van der Waals surface area (Å²) in [5.74, 6) is 0.723. The van der Waals surface area contributed by atoms with E-state index in [1.807, 2.05) is 18.5 Å². The Bertz CT molecular complexity index is 906. The Balaban J connectivity index is 1.45. The van der Waals surface area contributed by atoms with Crippen LogP contribution in [0.4, 0.5) is 0 Å². The van der Waals surface area contributed by atoms with Crippen LogP contribution in [-0.2, 0) is 4.79 Å². The first kappa shape index (κ1) is 20.0. The number of rotatable bonds is 3. The van der Waals surface area contributed by atoms with Crippen LogP contribution in [0.2, 0.25) is 0 Å². The van der Waals surface area contributed by atoms with Gasteiger partial charge in [-0.05, 0) is 90.2 Å². The Labute approximate surface area is 179 Å². The van der Waals surface area contributed by atoms with Gasteiger partial charge < -0.3 is 10.2 Å². The lowest BCUT2D eigenvalue weighted by Gasteiger charge is -2.59. The topological polar surface area (TPSA) is 70.4 Å². The molecular formula is C26H33NO3. The molecule has 1 heterocycles. The molecule has 0 saturated heterocycles. The zero-order chi connectivity index (χ0) is 21.1. The first-order valence-corrected chi connectivity index (χ1v) is 11.5. The number of nitrogens with zero attached hydrogens (tertiary/aromatic N) is 1. The second kappa shape index (κ2) is 7.05. The molecule has 2 N–H and O–H groups in total. The van der Waals surface area contributed by atoms with Crippen molar-refractivity contribution in [2.24, 2.45) is 34.5 Å². The fourth-order valence-corrected chi connectivity index (χ4v) is 7.69. The molecule has 2 fully saturated rings. The van der Waals surface area contributed by atoms with Crippen molar-refractivity contribution in [3.63, 3.8) is 0 Å². The van der Waals surface area contributed by atoms with E-state index in [9.17, 15) is 15.0 Å². The van der Waals surface area contributed by atoms with E-state index in [0.717, 1.165) is 38.5 Å². The summed E-state index contributed by atoms with van der Waals surface area (Å²) in [5.41, 5.74) is 4.17. The molecule has 30 heavy (non-hydrogen) atoms. The molecule has 4 nitrogen and oxygen atoms in total. The van der Waals surface area contributed by atoms with Gasteiger partial charge in [0.25, 0.3) is 0 Å². The van der Waals surface area contributed by atoms with Gasteiger partial charge in [-0.2, -0.15) is 0 Å². The van der Waals surface area contributed by atoms with Crippen LogP contribution in [0.3, 0.4) is 0 Å². The van der Waals surface area contributed by atoms with Crippen molar-refractivity contribution in [2.75, 3.05) is 0 Å². The second-order valence-corrected chi connectivity index (χ2v) is 10.6. The minimum absolute atomic E-state index is 0.0907. The van der Waals surface area contributed by atoms with Crippen molar-refractivity contribution in [3.8, 4) is 0 Å². The summed E-state index contributed by atoms with van der Waals surface area (Å²) in [6, 6.07) is 4.18. The number of allylic oxidation sites excluding steroid dienone is 3. The van der Waals surface area contributed by atoms with E-state index >= 15 is 0 Å². The molecule has 0 radical (unpaired) electrons. The van der Waals surface area contributed by atoms with E-state index in [0.29, 0.717) is 11.8 Å². The van der Waals surface area contributed by atoms with Gasteiger partial charge in [-0.3, -0.25) is 9.78 Å². The van der Waals surface area contributed by atoms with Crippen molar-refractivity contribution in [1.82, 2.24) is 4.98 Å². The lowest BCUT2D eigenvalue weighted by molar-refractivity contribution is -0.138. The molecule has 0 amide bonds. The van der Waals surface area contributed by atoms with Crippen LogP contribution in [0.25, 0.3) is 5.57 Å². The van der Waals surface area contributed by atoms with E-state index in [2.05, 4.69) is 37.0 Å². The number of carbonyl (C=O) groups is 1. The Morgan fingerprint density at radius 3 is 2.73 bits per heavy atom. The molecule has 0 unspecified atom stereocenters. The summed E-state index contributed by atoms with van der Waals surface area (Å²) in [6.07, 6.45) is 14.3. The van der Waals surface area contributed by atoms with Gasteiger partial charge in [-0.25, -0.2) is 0 Å². The molecule has 4 aliphatic carbocycles.